The van der Waals surface area contributed by atoms with Gasteiger partial charge in [0.05, 0.1) is 12.8 Å². The summed E-state index contributed by atoms with van der Waals surface area (Å²) in [4.78, 5) is 46.4. The quantitative estimate of drug-likeness (QED) is 0.388. The Morgan fingerprint density at radius 3 is 1.35 bits per heavy atom. The molecule has 2 aromatic rings. The lowest BCUT2D eigenvalue weighted by Gasteiger charge is -2.34. The van der Waals surface area contributed by atoms with Gasteiger partial charge >= 0.3 is 23.9 Å². The second-order valence-corrected chi connectivity index (χ2v) is 9.89. The first-order valence-corrected chi connectivity index (χ1v) is 10.9. The van der Waals surface area contributed by atoms with Gasteiger partial charge in [-0.15, -0.1) is 23.5 Å². The van der Waals surface area contributed by atoms with Gasteiger partial charge in [-0.25, -0.2) is 0 Å². The number of carboxylic acids is 4. The summed E-state index contributed by atoms with van der Waals surface area (Å²) < 4.78 is -1.32. The van der Waals surface area contributed by atoms with Crippen LogP contribution in [-0.4, -0.2) is 54.8 Å². The first kappa shape index (κ1) is 22.7. The van der Waals surface area contributed by atoms with E-state index in [-0.39, 0.29) is 0 Å². The molecule has 4 N–H and O–H groups in total. The Morgan fingerprint density at radius 1 is 0.677 bits per heavy atom. The molecule has 0 amide bonds. The van der Waals surface area contributed by atoms with E-state index in [1.54, 1.807) is 36.4 Å². The lowest BCUT2D eigenvalue weighted by atomic mass is 10.1. The zero-order valence-electron chi connectivity index (χ0n) is 15.9. The summed E-state index contributed by atoms with van der Waals surface area (Å²) in [5.74, 6) is -5.31. The molecule has 0 aromatic heterocycles. The summed E-state index contributed by atoms with van der Waals surface area (Å²) in [5.41, 5.74) is 2.74. The predicted molar refractivity (Wildman–Crippen MR) is 115 cm³/mol. The van der Waals surface area contributed by atoms with Gasteiger partial charge in [-0.2, -0.15) is 0 Å². The summed E-state index contributed by atoms with van der Waals surface area (Å²) in [6.07, 6.45) is -1.35. The fourth-order valence-corrected chi connectivity index (χ4v) is 7.11. The number of hydrogen-bond donors (Lipinski definition) is 4. The average Bonchev–Trinajstić information content (AvgIpc) is 2.97. The Bertz CT molecular complexity index is 968. The SMILES string of the molecule is O=C(O)CC(SC1(SC(CC(=O)O)C(=O)O)c2ccccc2-c2ccccc21)C(=O)O. The van der Waals surface area contributed by atoms with Crippen molar-refractivity contribution in [2.75, 3.05) is 0 Å². The highest BCUT2D eigenvalue weighted by molar-refractivity contribution is 8.19. The summed E-state index contributed by atoms with van der Waals surface area (Å²) >= 11 is 1.64. The zero-order chi connectivity index (χ0) is 22.8. The first-order chi connectivity index (χ1) is 14.7. The van der Waals surface area contributed by atoms with E-state index in [4.69, 9.17) is 0 Å². The molecule has 0 radical (unpaired) electrons. The number of aliphatic carboxylic acids is 4. The Kier molecular flexibility index (Phi) is 6.61. The smallest absolute Gasteiger partial charge is 0.317 e. The minimum Gasteiger partial charge on any atom is -0.481 e. The number of fused-ring (bicyclic) bond motifs is 3. The lowest BCUT2D eigenvalue weighted by molar-refractivity contribution is -0.143. The number of carbonyl (C=O) groups is 4. The van der Waals surface area contributed by atoms with E-state index in [0.717, 1.165) is 34.7 Å². The molecule has 2 aromatic carbocycles. The zero-order valence-corrected chi connectivity index (χ0v) is 17.6. The van der Waals surface area contributed by atoms with Crippen molar-refractivity contribution in [1.29, 1.82) is 0 Å². The predicted octanol–water partition coefficient (Wildman–Crippen LogP) is 3.19. The number of benzene rings is 2. The molecule has 162 valence electrons. The number of thioether (sulfide) groups is 2. The van der Waals surface area contributed by atoms with Crippen LogP contribution in [0, 0.1) is 0 Å². The largest absolute Gasteiger partial charge is 0.481 e. The van der Waals surface area contributed by atoms with Gasteiger partial charge in [0.25, 0.3) is 0 Å². The van der Waals surface area contributed by atoms with Crippen molar-refractivity contribution < 1.29 is 39.6 Å². The summed E-state index contributed by atoms with van der Waals surface area (Å²) in [5, 5.41) is 35.0. The second-order valence-electron chi connectivity index (χ2n) is 6.79. The van der Waals surface area contributed by atoms with E-state index in [9.17, 15) is 39.6 Å². The normalized spacial score (nSPS) is 15.4. The maximum Gasteiger partial charge on any atom is 0.317 e. The molecule has 3 rings (SSSR count). The van der Waals surface area contributed by atoms with Gasteiger partial charge in [-0.3, -0.25) is 19.2 Å². The average molecular weight is 463 g/mol. The first-order valence-electron chi connectivity index (χ1n) is 9.10. The number of hydrogen-bond acceptors (Lipinski definition) is 6. The maximum atomic E-state index is 11.9. The highest BCUT2D eigenvalue weighted by Gasteiger charge is 2.50. The summed E-state index contributed by atoms with van der Waals surface area (Å²) in [7, 11) is 0. The molecule has 31 heavy (non-hydrogen) atoms. The maximum absolute atomic E-state index is 11.9. The number of carboxylic acid groups (broad SMARTS) is 4. The molecule has 0 fully saturated rings. The van der Waals surface area contributed by atoms with Gasteiger partial charge in [0.1, 0.15) is 14.6 Å². The summed E-state index contributed by atoms with van der Waals surface area (Å²) in [6.45, 7) is 0. The molecule has 1 aliphatic rings. The Balaban J connectivity index is 2.22. The van der Waals surface area contributed by atoms with Crippen molar-refractivity contribution in [3.63, 3.8) is 0 Å². The van der Waals surface area contributed by atoms with Crippen molar-refractivity contribution in [1.82, 2.24) is 0 Å². The Labute approximate surface area is 185 Å². The summed E-state index contributed by atoms with van der Waals surface area (Å²) in [6, 6.07) is 14.1. The molecule has 0 aliphatic heterocycles. The van der Waals surface area contributed by atoms with Crippen LogP contribution in [0.15, 0.2) is 48.5 Å². The Morgan fingerprint density at radius 2 is 1.03 bits per heavy atom. The monoisotopic (exact) mass is 462 g/mol. The molecule has 0 bridgehead atoms. The van der Waals surface area contributed by atoms with Crippen LogP contribution in [0.4, 0.5) is 0 Å². The van der Waals surface area contributed by atoms with Crippen LogP contribution in [0.2, 0.25) is 0 Å². The van der Waals surface area contributed by atoms with Crippen LogP contribution in [0.5, 0.6) is 0 Å². The molecule has 10 heteroatoms. The van der Waals surface area contributed by atoms with Gasteiger partial charge in [0.2, 0.25) is 0 Å². The van der Waals surface area contributed by atoms with Crippen LogP contribution in [0.25, 0.3) is 11.1 Å². The van der Waals surface area contributed by atoms with Crippen LogP contribution < -0.4 is 0 Å². The highest BCUT2D eigenvalue weighted by Crippen LogP contribution is 2.63. The van der Waals surface area contributed by atoms with Crippen molar-refractivity contribution in [2.45, 2.75) is 27.4 Å². The third-order valence-corrected chi connectivity index (χ3v) is 8.17. The Hall–Kier alpha value is -2.98. The van der Waals surface area contributed by atoms with Crippen LogP contribution in [0.1, 0.15) is 24.0 Å². The van der Waals surface area contributed by atoms with E-state index in [1.807, 2.05) is 12.1 Å². The van der Waals surface area contributed by atoms with E-state index >= 15 is 0 Å². The van der Waals surface area contributed by atoms with E-state index in [2.05, 4.69) is 0 Å². The van der Waals surface area contributed by atoms with Gasteiger partial charge in [0, 0.05) is 0 Å². The molecule has 1 aliphatic carbocycles. The van der Waals surface area contributed by atoms with E-state index in [0.29, 0.717) is 11.1 Å². The fourth-order valence-electron chi connectivity index (χ4n) is 3.51. The second kappa shape index (κ2) is 9.03. The van der Waals surface area contributed by atoms with Gasteiger partial charge in [-0.1, -0.05) is 48.5 Å². The van der Waals surface area contributed by atoms with Crippen LogP contribution in [-0.2, 0) is 23.3 Å². The molecular weight excluding hydrogens is 444 g/mol. The molecule has 2 atom stereocenters. The van der Waals surface area contributed by atoms with Crippen molar-refractivity contribution >= 4 is 47.4 Å². The van der Waals surface area contributed by atoms with Gasteiger partial charge < -0.3 is 20.4 Å². The van der Waals surface area contributed by atoms with Gasteiger partial charge in [-0.05, 0) is 22.3 Å². The van der Waals surface area contributed by atoms with Crippen molar-refractivity contribution in [2.24, 2.45) is 0 Å². The standard InChI is InChI=1S/C21H18O8S2/c22-17(23)9-15(19(26)27)30-21(31-16(20(28)29)10-18(24)25)13-7-3-1-5-11(13)12-6-2-4-8-14(12)21/h1-8,15-16H,9-10H2,(H,22,23)(H,24,25)(H,26,27)(H,28,29). The molecular formula is C21H18O8S2. The van der Waals surface area contributed by atoms with Crippen molar-refractivity contribution in [3.8, 4) is 11.1 Å². The molecule has 8 nitrogen and oxygen atoms in total. The molecule has 2 unspecified atom stereocenters. The highest BCUT2D eigenvalue weighted by atomic mass is 32.2. The van der Waals surface area contributed by atoms with Crippen LogP contribution >= 0.6 is 23.5 Å². The third kappa shape index (κ3) is 4.54. The van der Waals surface area contributed by atoms with E-state index < -0.39 is 51.3 Å². The van der Waals surface area contributed by atoms with Crippen molar-refractivity contribution in [3.05, 3.63) is 59.7 Å². The lowest BCUT2D eigenvalue weighted by Crippen LogP contribution is -2.32. The minimum atomic E-state index is -1.39. The van der Waals surface area contributed by atoms with E-state index in [1.165, 1.54) is 0 Å². The van der Waals surface area contributed by atoms with Gasteiger partial charge in [0.15, 0.2) is 0 Å². The molecule has 0 saturated carbocycles. The third-order valence-electron chi connectivity index (χ3n) is 4.74. The minimum absolute atomic E-state index is 0.611. The fraction of sp³-hybridized carbons (Fsp3) is 0.238. The number of rotatable bonds is 10. The molecule has 0 saturated heterocycles. The molecule has 0 spiro atoms. The topological polar surface area (TPSA) is 149 Å². The molecule has 0 heterocycles. The van der Waals surface area contributed by atoms with Crippen LogP contribution in [0.3, 0.4) is 0 Å².